The first-order chi connectivity index (χ1) is 6.50. The van der Waals surface area contributed by atoms with E-state index in [0.29, 0.717) is 18.9 Å². The quantitative estimate of drug-likeness (QED) is 0.710. The van der Waals surface area contributed by atoms with E-state index in [2.05, 4.69) is 0 Å². The number of hydrogen-bond donors (Lipinski definition) is 2. The molecule has 14 heavy (non-hydrogen) atoms. The summed E-state index contributed by atoms with van der Waals surface area (Å²) in [6, 6.07) is 0. The smallest absolute Gasteiger partial charge is 0.323 e. The van der Waals surface area contributed by atoms with Crippen molar-refractivity contribution in [2.75, 3.05) is 13.7 Å². The molecule has 1 unspecified atom stereocenters. The minimum absolute atomic E-state index is 0.0221. The van der Waals surface area contributed by atoms with E-state index in [1.54, 1.807) is 7.11 Å². The number of carbonyl (C=O) groups is 1. The van der Waals surface area contributed by atoms with Gasteiger partial charge in [0.15, 0.2) is 0 Å². The molecule has 0 aromatic rings. The van der Waals surface area contributed by atoms with Crippen LogP contribution in [0.2, 0.25) is 0 Å². The van der Waals surface area contributed by atoms with E-state index in [9.17, 15) is 4.79 Å². The first kappa shape index (κ1) is 11.5. The summed E-state index contributed by atoms with van der Waals surface area (Å²) in [7, 11) is 1.67. The van der Waals surface area contributed by atoms with Crippen molar-refractivity contribution in [3.63, 3.8) is 0 Å². The number of carboxylic acids is 1. The van der Waals surface area contributed by atoms with Crippen LogP contribution in [0.4, 0.5) is 0 Å². The van der Waals surface area contributed by atoms with Crippen LogP contribution in [0.15, 0.2) is 0 Å². The molecule has 0 spiro atoms. The molecule has 0 radical (unpaired) electrons. The normalized spacial score (nSPS) is 38.2. The molecular formula is C10H19NO3. The second kappa shape index (κ2) is 4.28. The van der Waals surface area contributed by atoms with Crippen LogP contribution in [0.25, 0.3) is 0 Å². The first-order valence-corrected chi connectivity index (χ1v) is 5.02. The lowest BCUT2D eigenvalue weighted by Crippen LogP contribution is -2.56. The molecule has 0 aromatic carbocycles. The van der Waals surface area contributed by atoms with Crippen LogP contribution in [0, 0.1) is 11.8 Å². The fourth-order valence-electron chi connectivity index (χ4n) is 2.22. The van der Waals surface area contributed by atoms with Crippen LogP contribution in [-0.4, -0.2) is 30.3 Å². The van der Waals surface area contributed by atoms with Crippen molar-refractivity contribution in [1.82, 2.24) is 0 Å². The number of carboxylic acid groups (broad SMARTS) is 1. The van der Waals surface area contributed by atoms with Gasteiger partial charge in [-0.05, 0) is 31.1 Å². The zero-order valence-corrected chi connectivity index (χ0v) is 8.82. The van der Waals surface area contributed by atoms with E-state index in [0.717, 1.165) is 12.8 Å². The van der Waals surface area contributed by atoms with Gasteiger partial charge in [-0.1, -0.05) is 6.92 Å². The summed E-state index contributed by atoms with van der Waals surface area (Å²) < 4.78 is 5.07. The van der Waals surface area contributed by atoms with Gasteiger partial charge in [0.1, 0.15) is 5.54 Å². The lowest BCUT2D eigenvalue weighted by Gasteiger charge is -2.39. The molecule has 0 aliphatic heterocycles. The average Bonchev–Trinajstić information content (AvgIpc) is 2.12. The number of aliphatic carboxylic acids is 1. The lowest BCUT2D eigenvalue weighted by atomic mass is 9.70. The second-order valence-corrected chi connectivity index (χ2v) is 4.34. The second-order valence-electron chi connectivity index (χ2n) is 4.34. The number of hydrogen-bond acceptors (Lipinski definition) is 3. The molecule has 3 atom stereocenters. The van der Waals surface area contributed by atoms with Gasteiger partial charge >= 0.3 is 5.97 Å². The van der Waals surface area contributed by atoms with Crippen LogP contribution in [0.5, 0.6) is 0 Å². The van der Waals surface area contributed by atoms with E-state index < -0.39 is 11.5 Å². The molecule has 1 aliphatic carbocycles. The topological polar surface area (TPSA) is 72.5 Å². The standard InChI is InChI=1S/C10H19NO3/c1-7-5-8(6-14-2)3-4-10(7,11)9(12)13/h7-8H,3-6,11H2,1-2H3,(H,12,13)/t7-,8?,10-/m0/s1. The van der Waals surface area contributed by atoms with Crippen molar-refractivity contribution in [2.24, 2.45) is 17.6 Å². The van der Waals surface area contributed by atoms with E-state index >= 15 is 0 Å². The Bertz CT molecular complexity index is 219. The Hall–Kier alpha value is -0.610. The first-order valence-electron chi connectivity index (χ1n) is 5.02. The molecule has 0 saturated heterocycles. The van der Waals surface area contributed by atoms with E-state index in [1.165, 1.54) is 0 Å². The Morgan fingerprint density at radius 3 is 2.79 bits per heavy atom. The summed E-state index contributed by atoms with van der Waals surface area (Å²) in [4.78, 5) is 11.0. The maximum absolute atomic E-state index is 11.0. The number of methoxy groups -OCH3 is 1. The van der Waals surface area contributed by atoms with Gasteiger partial charge in [0, 0.05) is 13.7 Å². The van der Waals surface area contributed by atoms with Crippen molar-refractivity contribution >= 4 is 5.97 Å². The van der Waals surface area contributed by atoms with Crippen LogP contribution >= 0.6 is 0 Å². The predicted octanol–water partition coefficient (Wildman–Crippen LogP) is 0.851. The molecule has 0 bridgehead atoms. The summed E-state index contributed by atoms with van der Waals surface area (Å²) >= 11 is 0. The van der Waals surface area contributed by atoms with E-state index in [1.807, 2.05) is 6.92 Å². The van der Waals surface area contributed by atoms with Crippen molar-refractivity contribution in [1.29, 1.82) is 0 Å². The highest BCUT2D eigenvalue weighted by molar-refractivity contribution is 5.79. The largest absolute Gasteiger partial charge is 0.480 e. The summed E-state index contributed by atoms with van der Waals surface area (Å²) in [5.74, 6) is -0.388. The molecule has 82 valence electrons. The molecule has 1 saturated carbocycles. The van der Waals surface area contributed by atoms with Crippen LogP contribution in [0.1, 0.15) is 26.2 Å². The zero-order valence-electron chi connectivity index (χ0n) is 8.82. The highest BCUT2D eigenvalue weighted by Gasteiger charge is 2.43. The predicted molar refractivity (Wildman–Crippen MR) is 52.9 cm³/mol. The fourth-order valence-corrected chi connectivity index (χ4v) is 2.22. The van der Waals surface area contributed by atoms with E-state index in [4.69, 9.17) is 15.6 Å². The van der Waals surface area contributed by atoms with Gasteiger partial charge in [0.2, 0.25) is 0 Å². The average molecular weight is 201 g/mol. The van der Waals surface area contributed by atoms with Crippen LogP contribution < -0.4 is 5.73 Å². The minimum atomic E-state index is -1.02. The number of nitrogens with two attached hydrogens (primary N) is 1. The van der Waals surface area contributed by atoms with Gasteiger partial charge < -0.3 is 15.6 Å². The Kier molecular flexibility index (Phi) is 3.50. The molecule has 4 heteroatoms. The molecule has 3 N–H and O–H groups in total. The van der Waals surface area contributed by atoms with Gasteiger partial charge in [-0.25, -0.2) is 0 Å². The molecule has 1 rings (SSSR count). The van der Waals surface area contributed by atoms with Gasteiger partial charge in [-0.3, -0.25) is 4.79 Å². The summed E-state index contributed by atoms with van der Waals surface area (Å²) in [5, 5.41) is 9.03. The monoisotopic (exact) mass is 201 g/mol. The Labute approximate surface area is 84.4 Å². The van der Waals surface area contributed by atoms with E-state index in [-0.39, 0.29) is 5.92 Å². The molecular weight excluding hydrogens is 182 g/mol. The third-order valence-electron chi connectivity index (χ3n) is 3.33. The molecule has 1 fully saturated rings. The fraction of sp³-hybridized carbons (Fsp3) is 0.900. The summed E-state index contributed by atoms with van der Waals surface area (Å²) in [5.41, 5.74) is 4.84. The Morgan fingerprint density at radius 1 is 1.71 bits per heavy atom. The molecule has 0 amide bonds. The van der Waals surface area contributed by atoms with Crippen molar-refractivity contribution in [3.8, 4) is 0 Å². The molecule has 1 aliphatic rings. The molecule has 4 nitrogen and oxygen atoms in total. The third-order valence-corrected chi connectivity index (χ3v) is 3.33. The number of rotatable bonds is 3. The molecule has 0 heterocycles. The maximum atomic E-state index is 11.0. The highest BCUT2D eigenvalue weighted by atomic mass is 16.5. The van der Waals surface area contributed by atoms with Crippen molar-refractivity contribution in [3.05, 3.63) is 0 Å². The van der Waals surface area contributed by atoms with Crippen LogP contribution in [-0.2, 0) is 9.53 Å². The van der Waals surface area contributed by atoms with Crippen molar-refractivity contribution < 1.29 is 14.6 Å². The van der Waals surface area contributed by atoms with Gasteiger partial charge in [-0.15, -0.1) is 0 Å². The SMILES string of the molecule is COCC1CC[C@@](N)(C(=O)O)[C@@H](C)C1. The number of ether oxygens (including phenoxy) is 1. The minimum Gasteiger partial charge on any atom is -0.480 e. The lowest BCUT2D eigenvalue weighted by molar-refractivity contribution is -0.147. The highest BCUT2D eigenvalue weighted by Crippen LogP contribution is 2.35. The van der Waals surface area contributed by atoms with Gasteiger partial charge in [0.25, 0.3) is 0 Å². The molecule has 0 aromatic heterocycles. The van der Waals surface area contributed by atoms with Crippen molar-refractivity contribution in [2.45, 2.75) is 31.7 Å². The Balaban J connectivity index is 2.59. The third kappa shape index (κ3) is 2.07. The summed E-state index contributed by atoms with van der Waals surface area (Å²) in [6.07, 6.45) is 2.25. The Morgan fingerprint density at radius 2 is 2.36 bits per heavy atom. The van der Waals surface area contributed by atoms with Gasteiger partial charge in [0.05, 0.1) is 0 Å². The summed E-state index contributed by atoms with van der Waals surface area (Å²) in [6.45, 7) is 2.62. The van der Waals surface area contributed by atoms with Gasteiger partial charge in [-0.2, -0.15) is 0 Å². The van der Waals surface area contributed by atoms with Crippen LogP contribution in [0.3, 0.4) is 0 Å². The zero-order chi connectivity index (χ0) is 10.8. The maximum Gasteiger partial charge on any atom is 0.323 e.